The van der Waals surface area contributed by atoms with Gasteiger partial charge in [-0.15, -0.1) is 0 Å². The van der Waals surface area contributed by atoms with Gasteiger partial charge >= 0.3 is 5.97 Å². The minimum absolute atomic E-state index is 0.319. The van der Waals surface area contributed by atoms with Gasteiger partial charge in [0, 0.05) is 19.2 Å². The molecular formula is C16H20FNO2. The summed E-state index contributed by atoms with van der Waals surface area (Å²) in [6.45, 7) is 7.20. The number of hydrogen-bond acceptors (Lipinski definition) is 2. The molecule has 0 aromatic heterocycles. The molecule has 2 rings (SSSR count). The summed E-state index contributed by atoms with van der Waals surface area (Å²) in [5.74, 6) is -1.36. The molecule has 0 radical (unpaired) electrons. The third kappa shape index (κ3) is 4.17. The van der Waals surface area contributed by atoms with Crippen LogP contribution in [0.4, 0.5) is 4.39 Å². The van der Waals surface area contributed by atoms with E-state index in [0.717, 1.165) is 31.1 Å². The van der Waals surface area contributed by atoms with E-state index in [1.165, 1.54) is 18.2 Å². The van der Waals surface area contributed by atoms with E-state index in [1.54, 1.807) is 0 Å². The van der Waals surface area contributed by atoms with Gasteiger partial charge in [0.1, 0.15) is 5.82 Å². The summed E-state index contributed by atoms with van der Waals surface area (Å²) in [6.07, 6.45) is 3.59. The molecule has 1 aliphatic heterocycles. The van der Waals surface area contributed by atoms with Gasteiger partial charge in [-0.25, -0.2) is 9.18 Å². The van der Waals surface area contributed by atoms with E-state index in [4.69, 9.17) is 5.11 Å². The zero-order valence-corrected chi connectivity index (χ0v) is 11.9. The van der Waals surface area contributed by atoms with Crippen molar-refractivity contribution >= 4 is 12.0 Å². The highest BCUT2D eigenvalue weighted by atomic mass is 19.1. The Hall–Kier alpha value is -1.68. The van der Waals surface area contributed by atoms with E-state index in [2.05, 4.69) is 18.7 Å². The Balaban J connectivity index is 2.10. The number of rotatable bonds is 4. The van der Waals surface area contributed by atoms with Crippen LogP contribution < -0.4 is 0 Å². The number of benzene rings is 1. The quantitative estimate of drug-likeness (QED) is 0.859. The van der Waals surface area contributed by atoms with Gasteiger partial charge in [-0.2, -0.15) is 0 Å². The van der Waals surface area contributed by atoms with Crippen LogP contribution in [0.5, 0.6) is 0 Å². The highest BCUT2D eigenvalue weighted by Crippen LogP contribution is 2.29. The van der Waals surface area contributed by atoms with Crippen LogP contribution in [-0.2, 0) is 11.3 Å². The van der Waals surface area contributed by atoms with Crippen molar-refractivity contribution in [2.45, 2.75) is 26.8 Å². The first-order valence-electron chi connectivity index (χ1n) is 6.77. The Labute approximate surface area is 118 Å². The summed E-state index contributed by atoms with van der Waals surface area (Å²) in [5.41, 5.74) is 1.79. The SMILES string of the molecule is CC1(C)CCN(Cc2cc(F)cc(/C=C/C(=O)O)c2)C1. The van der Waals surface area contributed by atoms with E-state index in [9.17, 15) is 9.18 Å². The summed E-state index contributed by atoms with van der Waals surface area (Å²) in [6, 6.07) is 4.70. The molecule has 3 nitrogen and oxygen atoms in total. The Morgan fingerprint density at radius 3 is 2.80 bits per heavy atom. The normalized spacial score (nSPS) is 18.8. The molecule has 1 N–H and O–H groups in total. The van der Waals surface area contributed by atoms with Crippen molar-refractivity contribution in [1.29, 1.82) is 0 Å². The molecule has 4 heteroatoms. The fraction of sp³-hybridized carbons (Fsp3) is 0.438. The predicted molar refractivity (Wildman–Crippen MR) is 76.7 cm³/mol. The van der Waals surface area contributed by atoms with E-state index in [-0.39, 0.29) is 5.82 Å². The summed E-state index contributed by atoms with van der Waals surface area (Å²) < 4.78 is 13.6. The van der Waals surface area contributed by atoms with E-state index >= 15 is 0 Å². The molecule has 0 aliphatic carbocycles. The third-order valence-corrected chi connectivity index (χ3v) is 3.56. The standard InChI is InChI=1S/C16H20FNO2/c1-16(2)5-6-18(11-16)10-13-7-12(3-4-15(19)20)8-14(17)9-13/h3-4,7-9H,5-6,10-11H2,1-2H3,(H,19,20)/b4-3+. The van der Waals surface area contributed by atoms with Crippen molar-refractivity contribution < 1.29 is 14.3 Å². The van der Waals surface area contributed by atoms with Crippen LogP contribution >= 0.6 is 0 Å². The molecule has 1 aromatic rings. The van der Waals surface area contributed by atoms with Gasteiger partial charge in [0.25, 0.3) is 0 Å². The largest absolute Gasteiger partial charge is 0.478 e. The Bertz CT molecular complexity index is 537. The summed E-state index contributed by atoms with van der Waals surface area (Å²) in [7, 11) is 0. The molecule has 20 heavy (non-hydrogen) atoms. The fourth-order valence-corrected chi connectivity index (χ4v) is 2.65. The van der Waals surface area contributed by atoms with Crippen LogP contribution in [0.1, 0.15) is 31.4 Å². The number of hydrogen-bond donors (Lipinski definition) is 1. The van der Waals surface area contributed by atoms with E-state index in [1.807, 2.05) is 6.07 Å². The molecule has 1 heterocycles. The molecule has 0 unspecified atom stereocenters. The zero-order chi connectivity index (χ0) is 14.8. The molecule has 0 atom stereocenters. The van der Waals surface area contributed by atoms with Crippen molar-refractivity contribution in [2.24, 2.45) is 5.41 Å². The molecule has 0 bridgehead atoms. The van der Waals surface area contributed by atoms with Gasteiger partial charge in [-0.05, 0) is 47.7 Å². The Morgan fingerprint density at radius 1 is 1.45 bits per heavy atom. The minimum Gasteiger partial charge on any atom is -0.478 e. The van der Waals surface area contributed by atoms with Crippen molar-refractivity contribution in [3.05, 3.63) is 41.2 Å². The maximum absolute atomic E-state index is 13.6. The first-order chi connectivity index (χ1) is 9.34. The molecule has 1 fully saturated rings. The van der Waals surface area contributed by atoms with Crippen molar-refractivity contribution in [2.75, 3.05) is 13.1 Å². The average molecular weight is 277 g/mol. The van der Waals surface area contributed by atoms with Crippen LogP contribution in [0.25, 0.3) is 6.08 Å². The molecule has 0 saturated carbocycles. The van der Waals surface area contributed by atoms with Crippen molar-refractivity contribution in [3.63, 3.8) is 0 Å². The van der Waals surface area contributed by atoms with Crippen LogP contribution in [0.15, 0.2) is 24.3 Å². The van der Waals surface area contributed by atoms with Gasteiger partial charge in [-0.3, -0.25) is 4.90 Å². The van der Waals surface area contributed by atoms with Gasteiger partial charge in [-0.1, -0.05) is 19.9 Å². The predicted octanol–water partition coefficient (Wildman–Crippen LogP) is 3.16. The highest BCUT2D eigenvalue weighted by Gasteiger charge is 2.28. The second-order valence-electron chi connectivity index (χ2n) is 6.19. The first-order valence-corrected chi connectivity index (χ1v) is 6.77. The molecule has 108 valence electrons. The summed E-state index contributed by atoms with van der Waals surface area (Å²) >= 11 is 0. The molecule has 0 amide bonds. The van der Waals surface area contributed by atoms with Gasteiger partial charge in [0.15, 0.2) is 0 Å². The third-order valence-electron chi connectivity index (χ3n) is 3.56. The van der Waals surface area contributed by atoms with E-state index in [0.29, 0.717) is 17.5 Å². The van der Waals surface area contributed by atoms with Crippen LogP contribution in [0, 0.1) is 11.2 Å². The van der Waals surface area contributed by atoms with Crippen LogP contribution in [0.3, 0.4) is 0 Å². The second kappa shape index (κ2) is 5.75. The molecule has 1 aliphatic rings. The van der Waals surface area contributed by atoms with Crippen LogP contribution in [0.2, 0.25) is 0 Å². The topological polar surface area (TPSA) is 40.5 Å². The lowest BCUT2D eigenvalue weighted by molar-refractivity contribution is -0.131. The smallest absolute Gasteiger partial charge is 0.328 e. The zero-order valence-electron chi connectivity index (χ0n) is 11.9. The number of nitrogens with zero attached hydrogens (tertiary/aromatic N) is 1. The number of aliphatic carboxylic acids is 1. The minimum atomic E-state index is -1.03. The summed E-state index contributed by atoms with van der Waals surface area (Å²) in [4.78, 5) is 12.8. The maximum Gasteiger partial charge on any atom is 0.328 e. The number of carboxylic acids is 1. The van der Waals surface area contributed by atoms with Crippen molar-refractivity contribution in [1.82, 2.24) is 4.90 Å². The molecule has 0 spiro atoms. The molecule has 1 saturated heterocycles. The molecule has 1 aromatic carbocycles. The Kier molecular flexibility index (Phi) is 4.23. The van der Waals surface area contributed by atoms with Gasteiger partial charge in [0.05, 0.1) is 0 Å². The first kappa shape index (κ1) is 14.7. The summed E-state index contributed by atoms with van der Waals surface area (Å²) in [5, 5.41) is 8.61. The average Bonchev–Trinajstić information content (AvgIpc) is 2.65. The highest BCUT2D eigenvalue weighted by molar-refractivity contribution is 5.85. The molecular weight excluding hydrogens is 257 g/mol. The fourth-order valence-electron chi connectivity index (χ4n) is 2.65. The number of carbonyl (C=O) groups is 1. The lowest BCUT2D eigenvalue weighted by Gasteiger charge is -2.19. The lowest BCUT2D eigenvalue weighted by Crippen LogP contribution is -2.22. The van der Waals surface area contributed by atoms with Crippen LogP contribution in [-0.4, -0.2) is 29.1 Å². The van der Waals surface area contributed by atoms with Gasteiger partial charge < -0.3 is 5.11 Å². The number of halogens is 1. The Morgan fingerprint density at radius 2 is 2.20 bits per heavy atom. The van der Waals surface area contributed by atoms with E-state index < -0.39 is 5.97 Å². The van der Waals surface area contributed by atoms with Crippen molar-refractivity contribution in [3.8, 4) is 0 Å². The van der Waals surface area contributed by atoms with Gasteiger partial charge in [0.2, 0.25) is 0 Å². The lowest BCUT2D eigenvalue weighted by atomic mass is 9.93. The second-order valence-corrected chi connectivity index (χ2v) is 6.19. The maximum atomic E-state index is 13.6. The number of carboxylic acid groups (broad SMARTS) is 1. The number of likely N-dealkylation sites (tertiary alicyclic amines) is 1. The monoisotopic (exact) mass is 277 g/mol.